The van der Waals surface area contributed by atoms with Gasteiger partial charge in [-0.3, -0.25) is 0 Å². The Morgan fingerprint density at radius 1 is 1.41 bits per heavy atom. The molecular formula is C11H12ClFN4. The van der Waals surface area contributed by atoms with Crippen LogP contribution < -0.4 is 5.73 Å². The molecule has 0 bridgehead atoms. The highest BCUT2D eigenvalue weighted by molar-refractivity contribution is 6.31. The molecule has 0 aliphatic heterocycles. The van der Waals surface area contributed by atoms with E-state index in [0.717, 1.165) is 5.69 Å². The predicted octanol–water partition coefficient (Wildman–Crippen LogP) is 1.62. The van der Waals surface area contributed by atoms with Crippen LogP contribution in [0.15, 0.2) is 24.4 Å². The van der Waals surface area contributed by atoms with Crippen molar-refractivity contribution in [1.82, 2.24) is 15.0 Å². The normalized spacial score (nSPS) is 10.8. The Hall–Kier alpha value is -1.46. The van der Waals surface area contributed by atoms with Crippen LogP contribution >= 0.6 is 11.6 Å². The molecule has 0 radical (unpaired) electrons. The molecule has 0 spiro atoms. The first-order valence-electron chi connectivity index (χ1n) is 5.22. The van der Waals surface area contributed by atoms with Gasteiger partial charge in [-0.15, -0.1) is 5.10 Å². The topological polar surface area (TPSA) is 56.7 Å². The van der Waals surface area contributed by atoms with E-state index in [-0.39, 0.29) is 5.02 Å². The first-order valence-corrected chi connectivity index (χ1v) is 5.60. The van der Waals surface area contributed by atoms with Crippen LogP contribution in [0.1, 0.15) is 11.3 Å². The van der Waals surface area contributed by atoms with Crippen molar-refractivity contribution in [2.24, 2.45) is 5.73 Å². The van der Waals surface area contributed by atoms with E-state index in [1.165, 1.54) is 6.07 Å². The Bertz CT molecular complexity index is 512. The fraction of sp³-hybridized carbons (Fsp3) is 0.273. The molecule has 2 aromatic rings. The Balaban J connectivity index is 2.16. The lowest BCUT2D eigenvalue weighted by molar-refractivity contribution is 0.614. The van der Waals surface area contributed by atoms with Crippen LogP contribution in [0, 0.1) is 5.82 Å². The van der Waals surface area contributed by atoms with E-state index in [4.69, 9.17) is 17.3 Å². The number of rotatable bonds is 4. The summed E-state index contributed by atoms with van der Waals surface area (Å²) in [6, 6.07) is 4.71. The van der Waals surface area contributed by atoms with Crippen LogP contribution in [0.2, 0.25) is 5.02 Å². The lowest BCUT2D eigenvalue weighted by Gasteiger charge is -2.04. The lowest BCUT2D eigenvalue weighted by atomic mass is 10.2. The summed E-state index contributed by atoms with van der Waals surface area (Å²) in [6.45, 7) is 0.924. The molecule has 90 valence electrons. The van der Waals surface area contributed by atoms with Gasteiger partial charge < -0.3 is 5.73 Å². The van der Waals surface area contributed by atoms with Crippen molar-refractivity contribution in [3.8, 4) is 0 Å². The molecule has 1 aromatic heterocycles. The van der Waals surface area contributed by atoms with Crippen LogP contribution in [-0.4, -0.2) is 21.5 Å². The zero-order valence-electron chi connectivity index (χ0n) is 9.11. The summed E-state index contributed by atoms with van der Waals surface area (Å²) in [5.74, 6) is -0.425. The van der Waals surface area contributed by atoms with Gasteiger partial charge in [0.1, 0.15) is 5.82 Å². The van der Waals surface area contributed by atoms with Crippen LogP contribution in [0.25, 0.3) is 0 Å². The van der Waals surface area contributed by atoms with E-state index in [1.807, 2.05) is 0 Å². The standard InChI is InChI=1S/C11H12ClFN4/c12-11-8(2-1-3-10(11)13)6-17-7-9(4-5-14)15-16-17/h1-3,7H,4-6,14H2. The van der Waals surface area contributed by atoms with Gasteiger partial charge in [0.05, 0.1) is 17.3 Å². The number of nitrogens with two attached hydrogens (primary N) is 1. The molecular weight excluding hydrogens is 243 g/mol. The number of hydrogen-bond donors (Lipinski definition) is 1. The average molecular weight is 255 g/mol. The fourth-order valence-corrected chi connectivity index (χ4v) is 1.71. The molecule has 2 rings (SSSR count). The highest BCUT2D eigenvalue weighted by Gasteiger charge is 2.07. The first-order chi connectivity index (χ1) is 8.20. The maximum Gasteiger partial charge on any atom is 0.142 e. The van der Waals surface area contributed by atoms with Crippen molar-refractivity contribution in [2.45, 2.75) is 13.0 Å². The second-order valence-corrected chi connectivity index (χ2v) is 4.04. The summed E-state index contributed by atoms with van der Waals surface area (Å²) < 4.78 is 14.8. The van der Waals surface area contributed by atoms with Gasteiger partial charge in [0.25, 0.3) is 0 Å². The molecule has 0 aliphatic rings. The molecule has 0 fully saturated rings. The number of aromatic nitrogens is 3. The van der Waals surface area contributed by atoms with Crippen LogP contribution in [0.4, 0.5) is 4.39 Å². The lowest BCUT2D eigenvalue weighted by Crippen LogP contribution is -2.03. The molecule has 6 heteroatoms. The second kappa shape index (κ2) is 5.25. The van der Waals surface area contributed by atoms with Gasteiger partial charge in [-0.05, 0) is 18.2 Å². The van der Waals surface area contributed by atoms with E-state index in [2.05, 4.69) is 10.3 Å². The van der Waals surface area contributed by atoms with Crippen molar-refractivity contribution >= 4 is 11.6 Å². The summed E-state index contributed by atoms with van der Waals surface area (Å²) in [5, 5.41) is 8.01. The molecule has 2 N–H and O–H groups in total. The summed E-state index contributed by atoms with van der Waals surface area (Å²) in [5.41, 5.74) is 6.91. The minimum absolute atomic E-state index is 0.128. The number of nitrogens with zero attached hydrogens (tertiary/aromatic N) is 3. The quantitative estimate of drug-likeness (QED) is 0.902. The largest absolute Gasteiger partial charge is 0.330 e. The molecule has 0 saturated heterocycles. The van der Waals surface area contributed by atoms with Gasteiger partial charge in [-0.25, -0.2) is 9.07 Å². The molecule has 4 nitrogen and oxygen atoms in total. The van der Waals surface area contributed by atoms with Gasteiger partial charge in [-0.1, -0.05) is 28.9 Å². The van der Waals surface area contributed by atoms with Crippen LogP contribution in [-0.2, 0) is 13.0 Å². The molecule has 0 unspecified atom stereocenters. The van der Waals surface area contributed by atoms with Crippen LogP contribution in [0.5, 0.6) is 0 Å². The van der Waals surface area contributed by atoms with E-state index < -0.39 is 5.82 Å². The van der Waals surface area contributed by atoms with E-state index in [9.17, 15) is 4.39 Å². The molecule has 0 atom stereocenters. The minimum atomic E-state index is -0.425. The molecule has 0 saturated carbocycles. The fourth-order valence-electron chi connectivity index (χ4n) is 1.52. The molecule has 1 heterocycles. The van der Waals surface area contributed by atoms with E-state index >= 15 is 0 Å². The maximum absolute atomic E-state index is 13.2. The van der Waals surface area contributed by atoms with Crippen molar-refractivity contribution in [2.75, 3.05) is 6.54 Å². The average Bonchev–Trinajstić information content (AvgIpc) is 2.73. The SMILES string of the molecule is NCCc1cn(Cc2cccc(F)c2Cl)nn1. The third-order valence-electron chi connectivity index (χ3n) is 2.35. The van der Waals surface area contributed by atoms with Gasteiger partial charge in [0, 0.05) is 12.6 Å². The molecule has 17 heavy (non-hydrogen) atoms. The number of halogens is 2. The second-order valence-electron chi connectivity index (χ2n) is 3.66. The monoisotopic (exact) mass is 254 g/mol. The Morgan fingerprint density at radius 3 is 3.00 bits per heavy atom. The highest BCUT2D eigenvalue weighted by Crippen LogP contribution is 2.20. The Morgan fingerprint density at radius 2 is 2.24 bits per heavy atom. The Kier molecular flexibility index (Phi) is 3.71. The van der Waals surface area contributed by atoms with Crippen molar-refractivity contribution in [3.63, 3.8) is 0 Å². The maximum atomic E-state index is 13.2. The molecule has 0 amide bonds. The zero-order chi connectivity index (χ0) is 12.3. The summed E-state index contributed by atoms with van der Waals surface area (Å²) in [4.78, 5) is 0. The molecule has 1 aromatic carbocycles. The summed E-state index contributed by atoms with van der Waals surface area (Å²) in [6.07, 6.45) is 2.46. The predicted molar refractivity (Wildman–Crippen MR) is 63.3 cm³/mol. The number of benzene rings is 1. The highest BCUT2D eigenvalue weighted by atomic mass is 35.5. The molecule has 0 aliphatic carbocycles. The van der Waals surface area contributed by atoms with Gasteiger partial charge in [0.15, 0.2) is 0 Å². The van der Waals surface area contributed by atoms with Crippen LogP contribution in [0.3, 0.4) is 0 Å². The van der Waals surface area contributed by atoms with Gasteiger partial charge >= 0.3 is 0 Å². The third-order valence-corrected chi connectivity index (χ3v) is 2.77. The Labute approximate surface area is 103 Å². The van der Waals surface area contributed by atoms with Crippen molar-refractivity contribution in [1.29, 1.82) is 0 Å². The third kappa shape index (κ3) is 2.81. The van der Waals surface area contributed by atoms with E-state index in [1.54, 1.807) is 23.0 Å². The van der Waals surface area contributed by atoms with Gasteiger partial charge in [0.2, 0.25) is 0 Å². The van der Waals surface area contributed by atoms with Crippen molar-refractivity contribution < 1.29 is 4.39 Å². The number of hydrogen-bond acceptors (Lipinski definition) is 3. The van der Waals surface area contributed by atoms with Gasteiger partial charge in [-0.2, -0.15) is 0 Å². The first kappa shape index (κ1) is 12.0. The smallest absolute Gasteiger partial charge is 0.142 e. The minimum Gasteiger partial charge on any atom is -0.330 e. The summed E-state index contributed by atoms with van der Waals surface area (Å²) in [7, 11) is 0. The zero-order valence-corrected chi connectivity index (χ0v) is 9.86. The summed E-state index contributed by atoms with van der Waals surface area (Å²) >= 11 is 5.85. The van der Waals surface area contributed by atoms with E-state index in [0.29, 0.717) is 25.1 Å². The van der Waals surface area contributed by atoms with Crippen molar-refractivity contribution in [3.05, 3.63) is 46.5 Å².